The first kappa shape index (κ1) is 17.3. The van der Waals surface area contributed by atoms with Crippen LogP contribution in [-0.2, 0) is 14.9 Å². The fourth-order valence-electron chi connectivity index (χ4n) is 3.43. The van der Waals surface area contributed by atoms with Gasteiger partial charge in [0.1, 0.15) is 0 Å². The second kappa shape index (κ2) is 7.17. The lowest BCUT2D eigenvalue weighted by atomic mass is 9.74. The Labute approximate surface area is 147 Å². The molecule has 0 unspecified atom stereocenters. The van der Waals surface area contributed by atoms with Crippen molar-refractivity contribution >= 4 is 18.3 Å². The van der Waals surface area contributed by atoms with Crippen molar-refractivity contribution in [2.75, 3.05) is 39.6 Å². The molecule has 132 valence electrons. The van der Waals surface area contributed by atoms with E-state index in [4.69, 9.17) is 14.2 Å². The van der Waals surface area contributed by atoms with Gasteiger partial charge in [-0.15, -0.1) is 12.4 Å². The van der Waals surface area contributed by atoms with Gasteiger partial charge >= 0.3 is 0 Å². The summed E-state index contributed by atoms with van der Waals surface area (Å²) >= 11 is 0. The van der Waals surface area contributed by atoms with E-state index in [1.165, 1.54) is 5.56 Å². The van der Waals surface area contributed by atoms with Gasteiger partial charge in [-0.05, 0) is 30.5 Å². The molecule has 2 saturated heterocycles. The molecule has 7 heteroatoms. The first-order chi connectivity index (χ1) is 11.3. The van der Waals surface area contributed by atoms with Crippen molar-refractivity contribution in [2.45, 2.75) is 18.3 Å². The summed E-state index contributed by atoms with van der Waals surface area (Å²) in [7, 11) is 0. The van der Waals surface area contributed by atoms with Crippen molar-refractivity contribution in [3.63, 3.8) is 0 Å². The molecule has 0 radical (unpaired) electrons. The molecule has 0 aromatic heterocycles. The van der Waals surface area contributed by atoms with Crippen LogP contribution in [0.5, 0.6) is 11.5 Å². The van der Waals surface area contributed by atoms with Crippen molar-refractivity contribution in [1.29, 1.82) is 0 Å². The number of amides is 1. The lowest BCUT2D eigenvalue weighted by Crippen LogP contribution is -2.53. The molecule has 0 spiro atoms. The smallest absolute Gasteiger partial charge is 0.231 e. The van der Waals surface area contributed by atoms with Crippen molar-refractivity contribution in [3.05, 3.63) is 23.8 Å². The first-order valence-corrected chi connectivity index (χ1v) is 8.23. The van der Waals surface area contributed by atoms with E-state index in [9.17, 15) is 4.79 Å². The summed E-state index contributed by atoms with van der Waals surface area (Å²) in [6.07, 6.45) is 1.80. The normalized spacial score (nSPS) is 21.5. The number of rotatable bonds is 4. The lowest BCUT2D eigenvalue weighted by Gasteiger charge is -2.38. The largest absolute Gasteiger partial charge is 0.454 e. The molecule has 4 rings (SSSR count). The maximum Gasteiger partial charge on any atom is 0.231 e. The van der Waals surface area contributed by atoms with Crippen LogP contribution in [0.2, 0.25) is 0 Å². The van der Waals surface area contributed by atoms with Crippen LogP contribution in [0.1, 0.15) is 18.4 Å². The summed E-state index contributed by atoms with van der Waals surface area (Å²) in [6.45, 7) is 3.92. The van der Waals surface area contributed by atoms with E-state index in [1.807, 2.05) is 6.07 Å². The Morgan fingerprint density at radius 3 is 2.67 bits per heavy atom. The average molecular weight is 355 g/mol. The molecule has 0 aliphatic carbocycles. The molecule has 1 aromatic carbocycles. The third-order valence-corrected chi connectivity index (χ3v) is 5.19. The number of hydrogen-bond acceptors (Lipinski definition) is 5. The Hall–Kier alpha value is -1.50. The maximum absolute atomic E-state index is 12.2. The van der Waals surface area contributed by atoms with Crippen molar-refractivity contribution in [1.82, 2.24) is 10.6 Å². The van der Waals surface area contributed by atoms with Crippen LogP contribution in [0.4, 0.5) is 0 Å². The quantitative estimate of drug-likeness (QED) is 0.851. The summed E-state index contributed by atoms with van der Waals surface area (Å²) in [5, 5.41) is 6.29. The van der Waals surface area contributed by atoms with Crippen LogP contribution in [0.3, 0.4) is 0 Å². The third-order valence-electron chi connectivity index (χ3n) is 5.19. The van der Waals surface area contributed by atoms with Gasteiger partial charge in [-0.1, -0.05) is 6.07 Å². The molecular weight excluding hydrogens is 332 g/mol. The van der Waals surface area contributed by atoms with Gasteiger partial charge in [0.2, 0.25) is 12.7 Å². The van der Waals surface area contributed by atoms with Crippen molar-refractivity contribution in [3.8, 4) is 11.5 Å². The van der Waals surface area contributed by atoms with E-state index in [0.717, 1.165) is 50.6 Å². The van der Waals surface area contributed by atoms with Gasteiger partial charge in [0.25, 0.3) is 0 Å². The zero-order chi connectivity index (χ0) is 15.7. The topological polar surface area (TPSA) is 68.8 Å². The van der Waals surface area contributed by atoms with Gasteiger partial charge < -0.3 is 24.8 Å². The Morgan fingerprint density at radius 2 is 1.96 bits per heavy atom. The van der Waals surface area contributed by atoms with Crippen LogP contribution in [0.25, 0.3) is 0 Å². The maximum atomic E-state index is 12.2. The minimum absolute atomic E-state index is 0. The number of ether oxygens (including phenoxy) is 3. The molecule has 6 nitrogen and oxygen atoms in total. The van der Waals surface area contributed by atoms with Crippen LogP contribution in [-0.4, -0.2) is 45.5 Å². The standard InChI is InChI=1S/C17H22N2O4.ClH/c20-16(12-8-18-9-12)19-10-17(3-5-21-6-4-17)13-1-2-14-15(7-13)23-11-22-14;/h1-2,7,12,18H,3-6,8-11H2,(H,19,20);1H. The molecule has 3 aliphatic heterocycles. The Bertz CT molecular complexity index is 600. The molecule has 2 fully saturated rings. The SMILES string of the molecule is Cl.O=C(NCC1(c2ccc3c(c2)OCO3)CCOCC1)C1CNC1. The average Bonchev–Trinajstić information content (AvgIpc) is 3.00. The third kappa shape index (κ3) is 3.18. The molecular formula is C17H23ClN2O4. The number of fused-ring (bicyclic) bond motifs is 1. The van der Waals surface area contributed by atoms with Gasteiger partial charge in [-0.25, -0.2) is 0 Å². The van der Waals surface area contributed by atoms with Crippen LogP contribution >= 0.6 is 12.4 Å². The Kier molecular flexibility index (Phi) is 5.18. The fraction of sp³-hybridized carbons (Fsp3) is 0.588. The van der Waals surface area contributed by atoms with Gasteiger partial charge in [0, 0.05) is 38.3 Å². The number of carbonyl (C=O) groups is 1. The molecule has 0 bridgehead atoms. The summed E-state index contributed by atoms with van der Waals surface area (Å²) in [5.74, 6) is 1.85. The predicted octanol–water partition coefficient (Wildman–Crippen LogP) is 1.22. The molecule has 1 aromatic rings. The van der Waals surface area contributed by atoms with E-state index < -0.39 is 0 Å². The second-order valence-corrected chi connectivity index (χ2v) is 6.53. The molecule has 0 atom stereocenters. The van der Waals surface area contributed by atoms with E-state index in [0.29, 0.717) is 6.54 Å². The van der Waals surface area contributed by atoms with Crippen molar-refractivity contribution < 1.29 is 19.0 Å². The summed E-state index contributed by atoms with van der Waals surface area (Å²) in [6, 6.07) is 6.12. The second-order valence-electron chi connectivity index (χ2n) is 6.53. The minimum Gasteiger partial charge on any atom is -0.454 e. The monoisotopic (exact) mass is 354 g/mol. The lowest BCUT2D eigenvalue weighted by molar-refractivity contribution is -0.126. The highest BCUT2D eigenvalue weighted by molar-refractivity contribution is 5.85. The number of hydrogen-bond donors (Lipinski definition) is 2. The molecule has 24 heavy (non-hydrogen) atoms. The summed E-state index contributed by atoms with van der Waals surface area (Å²) < 4.78 is 16.5. The van der Waals surface area contributed by atoms with Crippen LogP contribution < -0.4 is 20.1 Å². The highest BCUT2D eigenvalue weighted by Gasteiger charge is 2.37. The molecule has 2 N–H and O–H groups in total. The number of halogens is 1. The van der Waals surface area contributed by atoms with Crippen molar-refractivity contribution in [2.24, 2.45) is 5.92 Å². The Balaban J connectivity index is 0.00000169. The highest BCUT2D eigenvalue weighted by Crippen LogP contribution is 2.40. The predicted molar refractivity (Wildman–Crippen MR) is 90.9 cm³/mol. The Morgan fingerprint density at radius 1 is 1.21 bits per heavy atom. The fourth-order valence-corrected chi connectivity index (χ4v) is 3.43. The zero-order valence-electron chi connectivity index (χ0n) is 13.5. The van der Waals surface area contributed by atoms with Gasteiger partial charge in [-0.3, -0.25) is 4.79 Å². The van der Waals surface area contributed by atoms with Crippen LogP contribution in [0, 0.1) is 5.92 Å². The minimum atomic E-state index is -0.0912. The molecule has 3 aliphatic rings. The van der Waals surface area contributed by atoms with Gasteiger partial charge in [0.15, 0.2) is 11.5 Å². The number of nitrogens with one attached hydrogen (secondary N) is 2. The van der Waals surface area contributed by atoms with E-state index in [-0.39, 0.29) is 36.4 Å². The molecule has 0 saturated carbocycles. The molecule has 3 heterocycles. The van der Waals surface area contributed by atoms with E-state index >= 15 is 0 Å². The first-order valence-electron chi connectivity index (χ1n) is 8.23. The van der Waals surface area contributed by atoms with Crippen LogP contribution in [0.15, 0.2) is 18.2 Å². The number of benzene rings is 1. The summed E-state index contributed by atoms with van der Waals surface area (Å²) in [5.41, 5.74) is 1.10. The zero-order valence-corrected chi connectivity index (χ0v) is 14.3. The molecule has 1 amide bonds. The van der Waals surface area contributed by atoms with Gasteiger partial charge in [0.05, 0.1) is 5.92 Å². The van der Waals surface area contributed by atoms with Gasteiger partial charge in [-0.2, -0.15) is 0 Å². The highest BCUT2D eigenvalue weighted by atomic mass is 35.5. The van der Waals surface area contributed by atoms with E-state index in [1.54, 1.807) is 0 Å². The van der Waals surface area contributed by atoms with E-state index in [2.05, 4.69) is 22.8 Å². The summed E-state index contributed by atoms with van der Waals surface area (Å²) in [4.78, 5) is 12.2. The number of carbonyl (C=O) groups excluding carboxylic acids is 1.